The number of benzene rings is 4. The van der Waals surface area contributed by atoms with Crippen LogP contribution in [-0.4, -0.2) is 53.9 Å². The summed E-state index contributed by atoms with van der Waals surface area (Å²) in [5, 5.41) is 12.4. The van der Waals surface area contributed by atoms with E-state index in [9.17, 15) is 14.7 Å². The molecule has 1 atom stereocenters. The predicted molar refractivity (Wildman–Crippen MR) is 165 cm³/mol. The summed E-state index contributed by atoms with van der Waals surface area (Å²) in [6.07, 6.45) is 3.98. The molecule has 0 bridgehead atoms. The van der Waals surface area contributed by atoms with Crippen molar-refractivity contribution in [3.8, 4) is 22.3 Å². The van der Waals surface area contributed by atoms with Crippen molar-refractivity contribution in [2.75, 3.05) is 12.0 Å². The standard InChI is InChI=1S/C33H33NO3S.Li.H/c1-23-10-6-8-14-27(23)30-22-24(17-19-29(30)32(35)34-31(33(36)37)20-21-38-2)16-18-26-13-7-9-15-28(26)25-11-4-3-5-12-25;;/h3-15,17,19,22,31H,16,18,20-21H2,1-2H3,(H,34,35)(H,36,37);;. The van der Waals surface area contributed by atoms with Gasteiger partial charge in [-0.15, -0.1) is 0 Å². The topological polar surface area (TPSA) is 66.4 Å². The molecule has 0 fully saturated rings. The van der Waals surface area contributed by atoms with Gasteiger partial charge in [0.05, 0.1) is 0 Å². The summed E-state index contributed by atoms with van der Waals surface area (Å²) in [4.78, 5) is 25.1. The predicted octanol–water partition coefficient (Wildman–Crippen LogP) is 6.40. The Hall–Kier alpha value is -3.23. The Labute approximate surface area is 247 Å². The SMILES string of the molecule is CSCCC(NC(=O)c1ccc(CCc2ccccc2-c2ccccc2)cc1-c1ccccc1C)C(=O)O.[LiH]. The van der Waals surface area contributed by atoms with E-state index in [0.717, 1.165) is 35.1 Å². The molecule has 4 aromatic rings. The molecule has 0 saturated heterocycles. The van der Waals surface area contributed by atoms with Gasteiger partial charge < -0.3 is 10.4 Å². The monoisotopic (exact) mass is 531 g/mol. The number of carboxylic acid groups (broad SMARTS) is 1. The number of thioether (sulfide) groups is 1. The second-order valence-corrected chi connectivity index (χ2v) is 10.3. The molecule has 4 aromatic carbocycles. The van der Waals surface area contributed by atoms with Crippen LogP contribution in [0.1, 0.15) is 33.5 Å². The Bertz CT molecular complexity index is 1410. The Kier molecular flexibility index (Phi) is 11.5. The molecule has 0 aromatic heterocycles. The van der Waals surface area contributed by atoms with Gasteiger partial charge in [0, 0.05) is 5.56 Å². The van der Waals surface area contributed by atoms with Crippen LogP contribution in [0.5, 0.6) is 0 Å². The molecule has 39 heavy (non-hydrogen) atoms. The van der Waals surface area contributed by atoms with Gasteiger partial charge >= 0.3 is 24.8 Å². The summed E-state index contributed by atoms with van der Waals surface area (Å²) in [6.45, 7) is 2.03. The second kappa shape index (κ2) is 14.8. The molecule has 0 saturated carbocycles. The van der Waals surface area contributed by atoms with Crippen LogP contribution in [0.25, 0.3) is 22.3 Å². The Morgan fingerprint density at radius 3 is 2.18 bits per heavy atom. The number of rotatable bonds is 11. The first kappa shape index (κ1) is 30.3. The quantitative estimate of drug-likeness (QED) is 0.220. The van der Waals surface area contributed by atoms with Gasteiger partial charge in [0.2, 0.25) is 0 Å². The van der Waals surface area contributed by atoms with Gasteiger partial charge in [-0.25, -0.2) is 4.79 Å². The van der Waals surface area contributed by atoms with Crippen LogP contribution in [0.3, 0.4) is 0 Å². The van der Waals surface area contributed by atoms with Gasteiger partial charge in [0.15, 0.2) is 0 Å². The van der Waals surface area contributed by atoms with E-state index in [2.05, 4.69) is 59.9 Å². The van der Waals surface area contributed by atoms with E-state index >= 15 is 0 Å². The number of hydrogen-bond donors (Lipinski definition) is 2. The number of hydrogen-bond acceptors (Lipinski definition) is 3. The van der Waals surface area contributed by atoms with E-state index in [1.165, 1.54) is 16.7 Å². The average molecular weight is 532 g/mol. The molecule has 1 unspecified atom stereocenters. The molecule has 196 valence electrons. The van der Waals surface area contributed by atoms with Gasteiger partial charge in [-0.3, -0.25) is 4.79 Å². The van der Waals surface area contributed by atoms with Crippen LogP contribution >= 0.6 is 11.8 Å². The molecule has 0 aliphatic rings. The summed E-state index contributed by atoms with van der Waals surface area (Å²) in [6, 6.07) is 31.8. The molecule has 0 radical (unpaired) electrons. The van der Waals surface area contributed by atoms with Crippen LogP contribution in [-0.2, 0) is 17.6 Å². The normalized spacial score (nSPS) is 11.3. The summed E-state index contributed by atoms with van der Waals surface area (Å²) in [5.74, 6) is -0.720. The molecule has 1 amide bonds. The molecule has 0 aliphatic heterocycles. The van der Waals surface area contributed by atoms with E-state index < -0.39 is 12.0 Å². The molecule has 4 nitrogen and oxygen atoms in total. The third-order valence-corrected chi connectivity index (χ3v) is 7.41. The Morgan fingerprint density at radius 1 is 0.821 bits per heavy atom. The Balaban J connectivity index is 0.00000420. The Morgan fingerprint density at radius 2 is 1.49 bits per heavy atom. The average Bonchev–Trinajstić information content (AvgIpc) is 2.94. The number of nitrogens with one attached hydrogen (secondary N) is 1. The maximum absolute atomic E-state index is 13.3. The van der Waals surface area contributed by atoms with Crippen LogP contribution in [0.2, 0.25) is 0 Å². The maximum atomic E-state index is 13.3. The number of aryl methyl sites for hydroxylation is 3. The fourth-order valence-electron chi connectivity index (χ4n) is 4.69. The number of carbonyl (C=O) groups excluding carboxylic acids is 1. The minimum absolute atomic E-state index is 0. The molecule has 0 spiro atoms. The zero-order valence-corrected chi connectivity index (χ0v) is 22.6. The fourth-order valence-corrected chi connectivity index (χ4v) is 5.16. The van der Waals surface area contributed by atoms with Crippen molar-refractivity contribution in [2.24, 2.45) is 0 Å². The third-order valence-electron chi connectivity index (χ3n) is 6.76. The number of amides is 1. The summed E-state index contributed by atoms with van der Waals surface area (Å²) in [5.41, 5.74) is 8.17. The van der Waals surface area contributed by atoms with Crippen LogP contribution in [0.15, 0.2) is 97.1 Å². The van der Waals surface area contributed by atoms with E-state index in [1.54, 1.807) is 11.8 Å². The van der Waals surface area contributed by atoms with Gasteiger partial charge in [-0.1, -0.05) is 91.0 Å². The number of carbonyl (C=O) groups is 2. The summed E-state index contributed by atoms with van der Waals surface area (Å²) >= 11 is 1.56. The van der Waals surface area contributed by atoms with Crippen LogP contribution < -0.4 is 5.32 Å². The summed E-state index contributed by atoms with van der Waals surface area (Å²) < 4.78 is 0. The molecular weight excluding hydrogens is 497 g/mol. The van der Waals surface area contributed by atoms with E-state index in [-0.39, 0.29) is 24.8 Å². The third kappa shape index (κ3) is 7.89. The molecule has 0 heterocycles. The van der Waals surface area contributed by atoms with Crippen LogP contribution in [0, 0.1) is 6.92 Å². The molecular formula is C33H34LiNO3S. The zero-order valence-electron chi connectivity index (χ0n) is 21.8. The number of carboxylic acids is 1. The van der Waals surface area contributed by atoms with Crippen molar-refractivity contribution in [1.29, 1.82) is 0 Å². The van der Waals surface area contributed by atoms with Gasteiger partial charge in [-0.05, 0) is 83.2 Å². The van der Waals surface area contributed by atoms with Gasteiger partial charge in [-0.2, -0.15) is 11.8 Å². The van der Waals surface area contributed by atoms with Crippen molar-refractivity contribution in [3.05, 3.63) is 119 Å². The minimum atomic E-state index is -1.02. The molecule has 0 aliphatic carbocycles. The van der Waals surface area contributed by atoms with Crippen molar-refractivity contribution in [1.82, 2.24) is 5.32 Å². The van der Waals surface area contributed by atoms with Crippen molar-refractivity contribution in [3.63, 3.8) is 0 Å². The van der Waals surface area contributed by atoms with Gasteiger partial charge in [0.25, 0.3) is 5.91 Å². The molecule has 4 rings (SSSR count). The molecule has 2 N–H and O–H groups in total. The van der Waals surface area contributed by atoms with E-state index in [0.29, 0.717) is 17.7 Å². The summed E-state index contributed by atoms with van der Waals surface area (Å²) in [7, 11) is 0. The zero-order chi connectivity index (χ0) is 26.9. The van der Waals surface area contributed by atoms with E-state index in [4.69, 9.17) is 0 Å². The fraction of sp³-hybridized carbons (Fsp3) is 0.212. The molecule has 6 heteroatoms. The number of aliphatic carboxylic acids is 1. The van der Waals surface area contributed by atoms with Crippen molar-refractivity contribution in [2.45, 2.75) is 32.2 Å². The van der Waals surface area contributed by atoms with Gasteiger partial charge in [0.1, 0.15) is 6.04 Å². The van der Waals surface area contributed by atoms with Crippen molar-refractivity contribution < 1.29 is 14.7 Å². The van der Waals surface area contributed by atoms with Crippen molar-refractivity contribution >= 4 is 42.5 Å². The van der Waals surface area contributed by atoms with Crippen LogP contribution in [0.4, 0.5) is 0 Å². The first-order valence-corrected chi connectivity index (χ1v) is 14.2. The second-order valence-electron chi connectivity index (χ2n) is 9.36. The van der Waals surface area contributed by atoms with E-state index in [1.807, 2.05) is 55.6 Å². The first-order valence-electron chi connectivity index (χ1n) is 12.8. The first-order chi connectivity index (χ1) is 18.5.